The fourth-order valence-electron chi connectivity index (χ4n) is 2.88. The van der Waals surface area contributed by atoms with E-state index in [0.29, 0.717) is 35.2 Å². The average Bonchev–Trinajstić information content (AvgIpc) is 2.77. The minimum Gasteiger partial charge on any atom is -0.497 e. The van der Waals surface area contributed by atoms with E-state index in [0.717, 1.165) is 16.9 Å². The summed E-state index contributed by atoms with van der Waals surface area (Å²) in [6, 6.07) is 20.1. The normalized spacial score (nSPS) is 10.4. The second-order valence-electron chi connectivity index (χ2n) is 6.53. The summed E-state index contributed by atoms with van der Waals surface area (Å²) in [4.78, 5) is 12.6. The van der Waals surface area contributed by atoms with Gasteiger partial charge in [-0.15, -0.1) is 0 Å². The highest BCUT2D eigenvalue weighted by molar-refractivity contribution is 6.30. The van der Waals surface area contributed by atoms with Crippen LogP contribution in [0.5, 0.6) is 17.2 Å². The molecule has 1 amide bonds. The highest BCUT2D eigenvalue weighted by atomic mass is 35.5. The molecule has 1 N–H and O–H groups in total. The first-order valence-corrected chi connectivity index (χ1v) is 10.0. The van der Waals surface area contributed by atoms with Crippen LogP contribution in [0.4, 0.5) is 0 Å². The molecule has 0 aliphatic heterocycles. The largest absolute Gasteiger partial charge is 0.497 e. The smallest absolute Gasteiger partial charge is 0.251 e. The zero-order valence-corrected chi connectivity index (χ0v) is 17.7. The number of halogens is 1. The lowest BCUT2D eigenvalue weighted by atomic mass is 10.1. The predicted molar refractivity (Wildman–Crippen MR) is 118 cm³/mol. The lowest BCUT2D eigenvalue weighted by Crippen LogP contribution is -2.23. The molecular weight excluding hydrogens is 402 g/mol. The van der Waals surface area contributed by atoms with E-state index in [4.69, 9.17) is 25.8 Å². The minimum atomic E-state index is -0.169. The van der Waals surface area contributed by atoms with Gasteiger partial charge in [-0.25, -0.2) is 0 Å². The van der Waals surface area contributed by atoms with E-state index >= 15 is 0 Å². The SMILES string of the molecule is CCOc1ccc(C(=O)NCc2ccc(OC)cc2)cc1COc1cccc(Cl)c1. The van der Waals surface area contributed by atoms with E-state index in [1.165, 1.54) is 0 Å². The number of nitrogens with one attached hydrogen (secondary N) is 1. The van der Waals surface area contributed by atoms with Crippen LogP contribution in [0.2, 0.25) is 5.02 Å². The number of ether oxygens (including phenoxy) is 3. The van der Waals surface area contributed by atoms with Crippen LogP contribution in [0.15, 0.2) is 66.7 Å². The number of carbonyl (C=O) groups excluding carboxylic acids is 1. The zero-order chi connectivity index (χ0) is 21.3. The van der Waals surface area contributed by atoms with Crippen molar-refractivity contribution < 1.29 is 19.0 Å². The molecule has 5 nitrogen and oxygen atoms in total. The van der Waals surface area contributed by atoms with E-state index in [1.54, 1.807) is 37.4 Å². The van der Waals surface area contributed by atoms with Crippen molar-refractivity contribution >= 4 is 17.5 Å². The molecule has 0 saturated carbocycles. The Kier molecular flexibility index (Phi) is 7.57. The van der Waals surface area contributed by atoms with E-state index in [2.05, 4.69) is 5.32 Å². The summed E-state index contributed by atoms with van der Waals surface area (Å²) in [6.45, 7) is 3.12. The summed E-state index contributed by atoms with van der Waals surface area (Å²) in [7, 11) is 1.62. The molecule has 0 aliphatic carbocycles. The van der Waals surface area contributed by atoms with Gasteiger partial charge in [-0.05, 0) is 61.0 Å². The van der Waals surface area contributed by atoms with Gasteiger partial charge in [-0.2, -0.15) is 0 Å². The quantitative estimate of drug-likeness (QED) is 0.508. The summed E-state index contributed by atoms with van der Waals surface area (Å²) in [5.41, 5.74) is 2.31. The van der Waals surface area contributed by atoms with Crippen LogP contribution in [-0.2, 0) is 13.2 Å². The van der Waals surface area contributed by atoms with Gasteiger partial charge in [0.2, 0.25) is 0 Å². The summed E-state index contributed by atoms with van der Waals surface area (Å²) < 4.78 is 16.7. The van der Waals surface area contributed by atoms with E-state index in [-0.39, 0.29) is 12.5 Å². The van der Waals surface area contributed by atoms with Crippen LogP contribution < -0.4 is 19.5 Å². The van der Waals surface area contributed by atoms with Gasteiger partial charge in [0.1, 0.15) is 23.9 Å². The molecule has 0 saturated heterocycles. The van der Waals surface area contributed by atoms with Crippen molar-refractivity contribution in [3.05, 3.63) is 88.4 Å². The number of benzene rings is 3. The Morgan fingerprint density at radius 2 is 1.77 bits per heavy atom. The maximum atomic E-state index is 12.6. The summed E-state index contributed by atoms with van der Waals surface area (Å²) in [5, 5.41) is 3.53. The first-order valence-electron chi connectivity index (χ1n) is 9.64. The summed E-state index contributed by atoms with van der Waals surface area (Å²) >= 11 is 6.01. The molecule has 0 unspecified atom stereocenters. The first-order chi connectivity index (χ1) is 14.6. The molecule has 0 spiro atoms. The lowest BCUT2D eigenvalue weighted by Gasteiger charge is -2.14. The molecule has 0 radical (unpaired) electrons. The Hall–Kier alpha value is -3.18. The van der Waals surface area contributed by atoms with Gasteiger partial charge in [0.25, 0.3) is 5.91 Å². The molecule has 3 rings (SSSR count). The third-order valence-electron chi connectivity index (χ3n) is 4.43. The van der Waals surface area contributed by atoms with Crippen molar-refractivity contribution in [2.24, 2.45) is 0 Å². The van der Waals surface area contributed by atoms with Gasteiger partial charge in [-0.1, -0.05) is 29.8 Å². The van der Waals surface area contributed by atoms with E-state index in [9.17, 15) is 4.79 Å². The standard InChI is InChI=1S/C24H24ClNO4/c1-3-29-23-12-9-18(13-19(23)16-30-22-6-4-5-20(25)14-22)24(27)26-15-17-7-10-21(28-2)11-8-17/h4-14H,3,15-16H2,1-2H3,(H,26,27). The van der Waals surface area contributed by atoms with Crippen molar-refractivity contribution in [1.29, 1.82) is 0 Å². The Morgan fingerprint density at radius 1 is 0.967 bits per heavy atom. The average molecular weight is 426 g/mol. The third kappa shape index (κ3) is 5.91. The zero-order valence-electron chi connectivity index (χ0n) is 17.0. The molecular formula is C24H24ClNO4. The number of hydrogen-bond acceptors (Lipinski definition) is 4. The van der Waals surface area contributed by atoms with Crippen LogP contribution in [0.25, 0.3) is 0 Å². The van der Waals surface area contributed by atoms with Crippen molar-refractivity contribution in [3.63, 3.8) is 0 Å². The molecule has 30 heavy (non-hydrogen) atoms. The second-order valence-corrected chi connectivity index (χ2v) is 6.97. The van der Waals surface area contributed by atoms with Crippen molar-refractivity contribution in [1.82, 2.24) is 5.32 Å². The third-order valence-corrected chi connectivity index (χ3v) is 4.66. The summed E-state index contributed by atoms with van der Waals surface area (Å²) in [6.07, 6.45) is 0. The van der Waals surface area contributed by atoms with E-state index in [1.807, 2.05) is 43.3 Å². The topological polar surface area (TPSA) is 56.8 Å². The molecule has 6 heteroatoms. The highest BCUT2D eigenvalue weighted by Gasteiger charge is 2.12. The Morgan fingerprint density at radius 3 is 2.47 bits per heavy atom. The van der Waals surface area contributed by atoms with Gasteiger partial charge in [-0.3, -0.25) is 4.79 Å². The number of methoxy groups -OCH3 is 1. The highest BCUT2D eigenvalue weighted by Crippen LogP contribution is 2.24. The van der Waals surface area contributed by atoms with Gasteiger partial charge in [0.05, 0.1) is 13.7 Å². The maximum absolute atomic E-state index is 12.6. The lowest BCUT2D eigenvalue weighted by molar-refractivity contribution is 0.0950. The molecule has 0 heterocycles. The predicted octanol–water partition coefficient (Wildman–Crippen LogP) is 5.26. The molecule has 0 atom stereocenters. The molecule has 0 aromatic heterocycles. The van der Waals surface area contributed by atoms with Crippen LogP contribution in [0, 0.1) is 0 Å². The Labute approximate surface area is 181 Å². The molecule has 0 fully saturated rings. The Bertz CT molecular complexity index is 989. The first kappa shape index (κ1) is 21.5. The van der Waals surface area contributed by atoms with Crippen LogP contribution in [0.1, 0.15) is 28.4 Å². The number of amides is 1. The molecule has 3 aromatic rings. The number of carbonyl (C=O) groups is 1. The van der Waals surface area contributed by atoms with Gasteiger partial charge in [0.15, 0.2) is 0 Å². The van der Waals surface area contributed by atoms with Gasteiger partial charge < -0.3 is 19.5 Å². The number of hydrogen-bond donors (Lipinski definition) is 1. The van der Waals surface area contributed by atoms with Crippen LogP contribution in [-0.4, -0.2) is 19.6 Å². The molecule has 0 aliphatic rings. The van der Waals surface area contributed by atoms with Gasteiger partial charge >= 0.3 is 0 Å². The van der Waals surface area contributed by atoms with E-state index < -0.39 is 0 Å². The fourth-order valence-corrected chi connectivity index (χ4v) is 3.06. The van der Waals surface area contributed by atoms with Crippen LogP contribution >= 0.6 is 11.6 Å². The van der Waals surface area contributed by atoms with Crippen molar-refractivity contribution in [2.75, 3.05) is 13.7 Å². The second kappa shape index (κ2) is 10.6. The summed E-state index contributed by atoms with van der Waals surface area (Å²) in [5.74, 6) is 1.95. The molecule has 3 aromatic carbocycles. The van der Waals surface area contributed by atoms with Crippen LogP contribution in [0.3, 0.4) is 0 Å². The minimum absolute atomic E-state index is 0.169. The fraction of sp³-hybridized carbons (Fsp3) is 0.208. The van der Waals surface area contributed by atoms with Crippen molar-refractivity contribution in [2.45, 2.75) is 20.1 Å². The monoisotopic (exact) mass is 425 g/mol. The number of rotatable bonds is 9. The molecule has 156 valence electrons. The Balaban J connectivity index is 1.69. The molecule has 0 bridgehead atoms. The maximum Gasteiger partial charge on any atom is 0.251 e. The van der Waals surface area contributed by atoms with Crippen molar-refractivity contribution in [3.8, 4) is 17.2 Å². The van der Waals surface area contributed by atoms with Gasteiger partial charge in [0, 0.05) is 22.7 Å².